The monoisotopic (exact) mass is 688 g/mol. The molecule has 0 unspecified atom stereocenters. The molecule has 10 heteroatoms. The van der Waals surface area contributed by atoms with Gasteiger partial charge in [0.2, 0.25) is 0 Å². The third-order valence-corrected chi connectivity index (χ3v) is 12.5. The largest absolute Gasteiger partial charge is 0.378 e. The van der Waals surface area contributed by atoms with E-state index >= 15 is 0 Å². The molecule has 0 radical (unpaired) electrons. The van der Waals surface area contributed by atoms with E-state index in [2.05, 4.69) is 117 Å². The second-order valence-electron chi connectivity index (χ2n) is 11.0. The molecule has 0 aliphatic heterocycles. The summed E-state index contributed by atoms with van der Waals surface area (Å²) in [6.45, 7) is 0. The van der Waals surface area contributed by atoms with Gasteiger partial charge >= 0.3 is 0 Å². The normalized spacial score (nSPS) is 11.7. The Morgan fingerprint density at radius 2 is 0.958 bits per heavy atom. The minimum absolute atomic E-state index is 0.387. The third kappa shape index (κ3) is 8.30. The first-order chi connectivity index (χ1) is 23.4. The van der Waals surface area contributed by atoms with Gasteiger partial charge in [-0.3, -0.25) is 10.9 Å². The van der Waals surface area contributed by atoms with Gasteiger partial charge in [-0.1, -0.05) is 97.1 Å². The standard InChI is InChI=1S/C38H38N7PS2/c1-39-37(47)43-41-36(30-24-26-31(27-25-30)45(2)3)35(29-16-8-4-9-17-29)42-44-38(48)40-28-46(32-18-10-5-11-19-32,33-20-12-6-13-21-33)34-22-14-7-15-23-34/h4-27H,28H2,1-3H3,(H3-,39,40,41,42,43,44,47,48)/p+1. The fraction of sp³-hybridized carbons (Fsp3) is 0.105. The van der Waals surface area contributed by atoms with Gasteiger partial charge in [-0.15, -0.1) is 0 Å². The summed E-state index contributed by atoms with van der Waals surface area (Å²) in [5.74, 6) is 0. The van der Waals surface area contributed by atoms with Crippen molar-refractivity contribution in [3.63, 3.8) is 0 Å². The van der Waals surface area contributed by atoms with Crippen LogP contribution in [-0.4, -0.2) is 49.1 Å². The quantitative estimate of drug-likeness (QED) is 0.0644. The Labute approximate surface area is 294 Å². The highest BCUT2D eigenvalue weighted by atomic mass is 32.1. The van der Waals surface area contributed by atoms with Crippen LogP contribution in [0.15, 0.2) is 156 Å². The zero-order valence-electron chi connectivity index (χ0n) is 27.2. The molecule has 5 aromatic rings. The van der Waals surface area contributed by atoms with Crippen LogP contribution in [0.3, 0.4) is 0 Å². The lowest BCUT2D eigenvalue weighted by Gasteiger charge is -2.28. The fourth-order valence-corrected chi connectivity index (χ4v) is 9.44. The number of rotatable bonds is 11. The van der Waals surface area contributed by atoms with Gasteiger partial charge in [0.05, 0.1) is 0 Å². The zero-order chi connectivity index (χ0) is 33.8. The van der Waals surface area contributed by atoms with Gasteiger partial charge < -0.3 is 15.5 Å². The molecule has 4 N–H and O–H groups in total. The molecule has 5 rings (SSSR count). The average Bonchev–Trinajstić information content (AvgIpc) is 3.14. The number of nitrogens with one attached hydrogen (secondary N) is 4. The van der Waals surface area contributed by atoms with E-state index in [4.69, 9.17) is 34.6 Å². The molecule has 0 aliphatic rings. The molecule has 0 saturated heterocycles. The Kier molecular flexibility index (Phi) is 12.0. The summed E-state index contributed by atoms with van der Waals surface area (Å²) in [4.78, 5) is 2.05. The first kappa shape index (κ1) is 34.4. The van der Waals surface area contributed by atoms with Crippen molar-refractivity contribution in [2.45, 2.75) is 0 Å². The van der Waals surface area contributed by atoms with E-state index < -0.39 is 7.26 Å². The summed E-state index contributed by atoms with van der Waals surface area (Å²) in [5, 5.41) is 20.6. The van der Waals surface area contributed by atoms with Crippen molar-refractivity contribution in [1.82, 2.24) is 21.5 Å². The predicted octanol–water partition coefficient (Wildman–Crippen LogP) is 5.37. The number of benzene rings is 5. The Bertz CT molecular complexity index is 1750. The molecule has 0 bridgehead atoms. The van der Waals surface area contributed by atoms with Crippen molar-refractivity contribution in [2.24, 2.45) is 10.2 Å². The SMILES string of the molecule is CNC(=S)NN=C(C(=NNC(=S)NC[P+](c1ccccc1)(c1ccccc1)c1ccccc1)c1ccccc1)c1ccc(N(C)C)cc1. The number of hydrogen-bond acceptors (Lipinski definition) is 5. The van der Waals surface area contributed by atoms with E-state index in [1.165, 1.54) is 15.9 Å². The van der Waals surface area contributed by atoms with E-state index in [0.29, 0.717) is 27.9 Å². The van der Waals surface area contributed by atoms with Crippen LogP contribution in [0.25, 0.3) is 0 Å². The van der Waals surface area contributed by atoms with Crippen molar-refractivity contribution < 1.29 is 0 Å². The minimum atomic E-state index is -2.16. The summed E-state index contributed by atoms with van der Waals surface area (Å²) in [5.41, 5.74) is 10.1. The number of anilines is 1. The molecule has 0 spiro atoms. The van der Waals surface area contributed by atoms with Gasteiger partial charge in [0, 0.05) is 38.0 Å². The van der Waals surface area contributed by atoms with E-state index in [9.17, 15) is 0 Å². The van der Waals surface area contributed by atoms with Crippen LogP contribution in [0.1, 0.15) is 11.1 Å². The van der Waals surface area contributed by atoms with Crippen molar-refractivity contribution in [1.29, 1.82) is 0 Å². The van der Waals surface area contributed by atoms with Crippen LogP contribution < -0.4 is 42.3 Å². The summed E-state index contributed by atoms with van der Waals surface area (Å²) >= 11 is 11.3. The van der Waals surface area contributed by atoms with E-state index in [1.54, 1.807) is 7.05 Å². The summed E-state index contributed by atoms with van der Waals surface area (Å²) in [7, 11) is 3.60. The highest BCUT2D eigenvalue weighted by molar-refractivity contribution is 7.95. The molecule has 242 valence electrons. The number of hydrogen-bond donors (Lipinski definition) is 4. The molecule has 0 aliphatic carbocycles. The number of nitrogens with zero attached hydrogens (tertiary/aromatic N) is 3. The molecule has 0 atom stereocenters. The van der Waals surface area contributed by atoms with Gasteiger partial charge in [-0.05, 0) is 73.0 Å². The summed E-state index contributed by atoms with van der Waals surface area (Å²) in [6.07, 6.45) is 0.595. The van der Waals surface area contributed by atoms with Crippen LogP contribution in [0.4, 0.5) is 5.69 Å². The van der Waals surface area contributed by atoms with Crippen LogP contribution >= 0.6 is 31.7 Å². The van der Waals surface area contributed by atoms with Crippen molar-refractivity contribution in [2.75, 3.05) is 32.3 Å². The fourth-order valence-electron chi connectivity index (χ4n) is 5.29. The van der Waals surface area contributed by atoms with Crippen LogP contribution in [0, 0.1) is 0 Å². The molecule has 0 aromatic heterocycles. The van der Waals surface area contributed by atoms with Crippen LogP contribution in [-0.2, 0) is 0 Å². The maximum Gasteiger partial charge on any atom is 0.189 e. The van der Waals surface area contributed by atoms with E-state index in [1.807, 2.05) is 68.7 Å². The van der Waals surface area contributed by atoms with Crippen LogP contribution in [0.5, 0.6) is 0 Å². The number of thiocarbonyl (C=S) groups is 2. The zero-order valence-corrected chi connectivity index (χ0v) is 29.7. The predicted molar refractivity (Wildman–Crippen MR) is 214 cm³/mol. The van der Waals surface area contributed by atoms with Crippen molar-refractivity contribution in [3.8, 4) is 0 Å². The maximum absolute atomic E-state index is 5.91. The third-order valence-electron chi connectivity index (χ3n) is 7.76. The Hall–Kier alpha value is -4.95. The molecule has 0 saturated carbocycles. The van der Waals surface area contributed by atoms with Crippen LogP contribution in [0.2, 0.25) is 0 Å². The lowest BCUT2D eigenvalue weighted by Crippen LogP contribution is -2.42. The van der Waals surface area contributed by atoms with Gasteiger partial charge in [0.25, 0.3) is 0 Å². The van der Waals surface area contributed by atoms with Gasteiger partial charge in [0.1, 0.15) is 40.9 Å². The second kappa shape index (κ2) is 16.7. The number of hydrazone groups is 2. The summed E-state index contributed by atoms with van der Waals surface area (Å²) in [6, 6.07) is 50.1. The minimum Gasteiger partial charge on any atom is -0.378 e. The molecule has 0 amide bonds. The van der Waals surface area contributed by atoms with Crippen molar-refractivity contribution >= 4 is 74.9 Å². The maximum atomic E-state index is 5.91. The average molecular weight is 689 g/mol. The molecule has 0 heterocycles. The smallest absolute Gasteiger partial charge is 0.189 e. The topological polar surface area (TPSA) is 76.1 Å². The van der Waals surface area contributed by atoms with Gasteiger partial charge in [0.15, 0.2) is 10.2 Å². The van der Waals surface area contributed by atoms with Gasteiger partial charge in [-0.25, -0.2) is 0 Å². The van der Waals surface area contributed by atoms with Gasteiger partial charge in [-0.2, -0.15) is 10.2 Å². The molecular formula is C38H39N7PS2+. The Morgan fingerprint density at radius 1 is 0.562 bits per heavy atom. The lowest BCUT2D eigenvalue weighted by molar-refractivity contribution is 0.958. The molecule has 5 aromatic carbocycles. The van der Waals surface area contributed by atoms with Crippen molar-refractivity contribution in [3.05, 3.63) is 157 Å². The molecule has 48 heavy (non-hydrogen) atoms. The first-order valence-corrected chi connectivity index (χ1v) is 18.3. The second-order valence-corrected chi connectivity index (χ2v) is 15.3. The Morgan fingerprint density at radius 3 is 1.38 bits per heavy atom. The first-order valence-electron chi connectivity index (χ1n) is 15.5. The van der Waals surface area contributed by atoms with E-state index in [0.717, 1.165) is 16.8 Å². The summed E-state index contributed by atoms with van der Waals surface area (Å²) < 4.78 is 0. The lowest BCUT2D eigenvalue weighted by atomic mass is 9.99. The molecular weight excluding hydrogens is 650 g/mol. The Balaban J connectivity index is 1.52. The molecule has 7 nitrogen and oxygen atoms in total. The van der Waals surface area contributed by atoms with E-state index in [-0.39, 0.29) is 0 Å². The highest BCUT2D eigenvalue weighted by Gasteiger charge is 2.45. The highest BCUT2D eigenvalue weighted by Crippen LogP contribution is 2.54. The molecule has 0 fully saturated rings.